The molecule has 6 heteroatoms. The van der Waals surface area contributed by atoms with Crippen LogP contribution in [0.3, 0.4) is 0 Å². The normalized spacial score (nSPS) is 13.4. The minimum absolute atomic E-state index is 0.0957. The van der Waals surface area contributed by atoms with E-state index >= 15 is 0 Å². The summed E-state index contributed by atoms with van der Waals surface area (Å²) in [5.74, 6) is 0.290. The van der Waals surface area contributed by atoms with Crippen LogP contribution in [0.4, 0.5) is 17.1 Å². The van der Waals surface area contributed by atoms with Crippen LogP contribution in [0.25, 0.3) is 0 Å². The van der Waals surface area contributed by atoms with Crippen molar-refractivity contribution in [3.8, 4) is 0 Å². The van der Waals surface area contributed by atoms with E-state index in [4.69, 9.17) is 0 Å². The van der Waals surface area contributed by atoms with Gasteiger partial charge in [-0.2, -0.15) is 0 Å². The van der Waals surface area contributed by atoms with E-state index in [2.05, 4.69) is 28.5 Å². The van der Waals surface area contributed by atoms with Crippen LogP contribution < -0.4 is 15.5 Å². The average molecular weight is 398 g/mol. The first kappa shape index (κ1) is 20.3. The molecule has 1 aliphatic rings. The van der Waals surface area contributed by atoms with Crippen LogP contribution in [0.1, 0.15) is 24.0 Å². The third-order valence-corrected chi connectivity index (χ3v) is 5.63. The lowest BCUT2D eigenvalue weighted by Gasteiger charge is -2.20. The lowest BCUT2D eigenvalue weighted by Crippen LogP contribution is -2.20. The monoisotopic (exact) mass is 397 g/mol. The smallest absolute Gasteiger partial charge is 0.234 e. The van der Waals surface area contributed by atoms with Crippen molar-refractivity contribution in [2.45, 2.75) is 26.7 Å². The second-order valence-electron chi connectivity index (χ2n) is 7.15. The van der Waals surface area contributed by atoms with Crippen molar-refractivity contribution < 1.29 is 9.59 Å². The Bertz CT molecular complexity index is 847. The van der Waals surface area contributed by atoms with Gasteiger partial charge in [-0.15, -0.1) is 11.8 Å². The van der Waals surface area contributed by atoms with Gasteiger partial charge in [0.2, 0.25) is 11.8 Å². The zero-order valence-corrected chi connectivity index (χ0v) is 17.3. The maximum absolute atomic E-state index is 12.2. The number of hydrogen-bond acceptors (Lipinski definition) is 4. The molecule has 2 amide bonds. The molecule has 0 spiro atoms. The molecular formula is C22H27N3O2S. The van der Waals surface area contributed by atoms with Gasteiger partial charge in [0.05, 0.1) is 11.5 Å². The number of benzene rings is 2. The van der Waals surface area contributed by atoms with E-state index < -0.39 is 0 Å². The van der Waals surface area contributed by atoms with Crippen LogP contribution in [-0.4, -0.2) is 36.4 Å². The Balaban J connectivity index is 1.42. The van der Waals surface area contributed by atoms with E-state index in [0.717, 1.165) is 30.0 Å². The number of aryl methyl sites for hydroxylation is 2. The molecule has 28 heavy (non-hydrogen) atoms. The van der Waals surface area contributed by atoms with Crippen LogP contribution in [0.5, 0.6) is 0 Å². The number of anilines is 3. The second-order valence-corrected chi connectivity index (χ2v) is 8.14. The van der Waals surface area contributed by atoms with Gasteiger partial charge in [0, 0.05) is 30.2 Å². The Morgan fingerprint density at radius 2 is 1.57 bits per heavy atom. The van der Waals surface area contributed by atoms with Gasteiger partial charge in [-0.25, -0.2) is 0 Å². The third-order valence-electron chi connectivity index (χ3n) is 4.70. The Morgan fingerprint density at radius 1 is 0.929 bits per heavy atom. The number of amides is 2. The van der Waals surface area contributed by atoms with Crippen molar-refractivity contribution in [1.29, 1.82) is 0 Å². The second kappa shape index (κ2) is 9.64. The van der Waals surface area contributed by atoms with Crippen LogP contribution >= 0.6 is 11.8 Å². The number of hydrogen-bond donors (Lipinski definition) is 2. The summed E-state index contributed by atoms with van der Waals surface area (Å²) in [5.41, 5.74) is 5.09. The summed E-state index contributed by atoms with van der Waals surface area (Å²) in [6, 6.07) is 13.7. The first-order chi connectivity index (χ1) is 13.5. The van der Waals surface area contributed by atoms with Gasteiger partial charge in [-0.05, 0) is 68.1 Å². The van der Waals surface area contributed by atoms with E-state index in [1.165, 1.54) is 35.9 Å². The van der Waals surface area contributed by atoms with Crippen LogP contribution in [0.2, 0.25) is 0 Å². The topological polar surface area (TPSA) is 61.4 Å². The average Bonchev–Trinajstić information content (AvgIpc) is 3.16. The largest absolute Gasteiger partial charge is 0.371 e. The highest BCUT2D eigenvalue weighted by Gasteiger charge is 2.15. The number of carbonyl (C=O) groups excluding carboxylic acids is 2. The van der Waals surface area contributed by atoms with E-state index in [1.807, 2.05) is 43.3 Å². The van der Waals surface area contributed by atoms with Gasteiger partial charge in [0.15, 0.2) is 0 Å². The standard InChI is InChI=1S/C22H27N3O2S/c1-16-6-5-7-18(12-16)23-21(26)14-28-15-22(27)24-19-8-9-20(17(2)13-19)25-10-3-4-11-25/h5-9,12-13H,3-4,10-11,14-15H2,1-2H3,(H,23,26)(H,24,27). The maximum Gasteiger partial charge on any atom is 0.234 e. The zero-order chi connectivity index (χ0) is 19.9. The lowest BCUT2D eigenvalue weighted by atomic mass is 10.1. The fourth-order valence-electron chi connectivity index (χ4n) is 3.40. The molecule has 3 rings (SSSR count). The summed E-state index contributed by atoms with van der Waals surface area (Å²) in [4.78, 5) is 26.6. The molecule has 1 saturated heterocycles. The number of nitrogens with zero attached hydrogens (tertiary/aromatic N) is 1. The first-order valence-corrected chi connectivity index (χ1v) is 10.8. The van der Waals surface area contributed by atoms with Crippen LogP contribution in [0, 0.1) is 13.8 Å². The minimum atomic E-state index is -0.103. The van der Waals surface area contributed by atoms with Gasteiger partial charge in [-0.3, -0.25) is 9.59 Å². The highest BCUT2D eigenvalue weighted by molar-refractivity contribution is 8.00. The molecule has 5 nitrogen and oxygen atoms in total. The number of rotatable bonds is 7. The Kier molecular flexibility index (Phi) is 6.98. The van der Waals surface area contributed by atoms with Gasteiger partial charge < -0.3 is 15.5 Å². The van der Waals surface area contributed by atoms with E-state index in [9.17, 15) is 9.59 Å². The molecule has 0 aliphatic carbocycles. The van der Waals surface area contributed by atoms with Crippen molar-refractivity contribution in [3.63, 3.8) is 0 Å². The van der Waals surface area contributed by atoms with E-state index in [0.29, 0.717) is 0 Å². The van der Waals surface area contributed by atoms with Gasteiger partial charge in [-0.1, -0.05) is 12.1 Å². The van der Waals surface area contributed by atoms with Gasteiger partial charge in [0.25, 0.3) is 0 Å². The number of carbonyl (C=O) groups is 2. The highest BCUT2D eigenvalue weighted by atomic mass is 32.2. The molecule has 0 aromatic heterocycles. The minimum Gasteiger partial charge on any atom is -0.371 e. The Labute approximate surface area is 170 Å². The molecule has 1 aliphatic heterocycles. The molecule has 1 fully saturated rings. The van der Waals surface area contributed by atoms with Crippen molar-refractivity contribution in [3.05, 3.63) is 53.6 Å². The molecule has 0 unspecified atom stereocenters. The lowest BCUT2D eigenvalue weighted by molar-refractivity contribution is -0.114. The first-order valence-electron chi connectivity index (χ1n) is 9.61. The van der Waals surface area contributed by atoms with Gasteiger partial charge >= 0.3 is 0 Å². The summed E-state index contributed by atoms with van der Waals surface area (Å²) in [6.45, 7) is 6.27. The molecule has 2 N–H and O–H groups in total. The summed E-state index contributed by atoms with van der Waals surface area (Å²) < 4.78 is 0. The fourth-order valence-corrected chi connectivity index (χ4v) is 4.02. The number of nitrogens with one attached hydrogen (secondary N) is 2. The highest BCUT2D eigenvalue weighted by Crippen LogP contribution is 2.26. The molecule has 1 heterocycles. The molecule has 0 radical (unpaired) electrons. The molecule has 2 aromatic rings. The summed E-state index contributed by atoms with van der Waals surface area (Å²) >= 11 is 1.31. The predicted octanol–water partition coefficient (Wildman–Crippen LogP) is 4.21. The summed E-state index contributed by atoms with van der Waals surface area (Å²) in [6.07, 6.45) is 2.49. The van der Waals surface area contributed by atoms with Crippen LogP contribution in [0.15, 0.2) is 42.5 Å². The van der Waals surface area contributed by atoms with Crippen molar-refractivity contribution in [2.75, 3.05) is 40.1 Å². The molecule has 2 aromatic carbocycles. The van der Waals surface area contributed by atoms with Gasteiger partial charge in [0.1, 0.15) is 0 Å². The van der Waals surface area contributed by atoms with Crippen molar-refractivity contribution >= 4 is 40.6 Å². The predicted molar refractivity (Wildman–Crippen MR) is 118 cm³/mol. The molecular weight excluding hydrogens is 370 g/mol. The van der Waals surface area contributed by atoms with E-state index in [-0.39, 0.29) is 23.3 Å². The fraction of sp³-hybridized carbons (Fsp3) is 0.364. The van der Waals surface area contributed by atoms with E-state index in [1.54, 1.807) is 0 Å². The zero-order valence-electron chi connectivity index (χ0n) is 16.5. The quantitative estimate of drug-likeness (QED) is 0.735. The molecule has 0 atom stereocenters. The molecule has 0 saturated carbocycles. The Hall–Kier alpha value is -2.47. The molecule has 0 bridgehead atoms. The summed E-state index contributed by atoms with van der Waals surface area (Å²) in [7, 11) is 0. The molecule has 148 valence electrons. The summed E-state index contributed by atoms with van der Waals surface area (Å²) in [5, 5.41) is 5.77. The maximum atomic E-state index is 12.2. The number of thioether (sulfide) groups is 1. The van der Waals surface area contributed by atoms with Crippen molar-refractivity contribution in [1.82, 2.24) is 0 Å². The SMILES string of the molecule is Cc1cccc(NC(=O)CSCC(=O)Nc2ccc(N3CCCC3)c(C)c2)c1. The van der Waals surface area contributed by atoms with Crippen LogP contribution in [-0.2, 0) is 9.59 Å². The Morgan fingerprint density at radius 3 is 2.18 bits per heavy atom. The van der Waals surface area contributed by atoms with Crippen molar-refractivity contribution in [2.24, 2.45) is 0 Å². The third kappa shape index (κ3) is 5.76.